The van der Waals surface area contributed by atoms with Crippen molar-refractivity contribution in [2.24, 2.45) is 0 Å². The van der Waals surface area contributed by atoms with Gasteiger partial charge in [-0.3, -0.25) is 0 Å². The molecular weight excluding hydrogens is 499 g/mol. The maximum Gasteiger partial charge on any atom is 1.00 e. The Labute approximate surface area is 131 Å². The van der Waals surface area contributed by atoms with Crippen molar-refractivity contribution >= 4 is 0 Å². The van der Waals surface area contributed by atoms with Crippen LogP contribution in [0.4, 0.5) is 0 Å². The van der Waals surface area contributed by atoms with E-state index in [0.717, 1.165) is 0 Å². The van der Waals surface area contributed by atoms with Crippen LogP contribution in [-0.2, 0) is 0 Å². The third kappa shape index (κ3) is 2.66. The van der Waals surface area contributed by atoms with E-state index in [1.807, 2.05) is 0 Å². The van der Waals surface area contributed by atoms with Crippen molar-refractivity contribution < 1.29 is 58.2 Å². The van der Waals surface area contributed by atoms with E-state index in [-0.39, 0.29) is 58.2 Å². The van der Waals surface area contributed by atoms with Crippen LogP contribution < -0.4 is 58.2 Å². The van der Waals surface area contributed by atoms with Crippen LogP contribution in [0.15, 0.2) is 0 Å². The second-order valence-corrected chi connectivity index (χ2v) is 4.57. The largest absolute Gasteiger partial charge is 1.00 e. The van der Waals surface area contributed by atoms with Crippen LogP contribution >= 0.6 is 0 Å². The van der Waals surface area contributed by atoms with Gasteiger partial charge in [0.15, 0.2) is 0 Å². The summed E-state index contributed by atoms with van der Waals surface area (Å²) in [5, 5.41) is 0. The maximum absolute atomic E-state index is 2.56. The zero-order chi connectivity index (χ0) is 8.60. The van der Waals surface area contributed by atoms with Crippen molar-refractivity contribution in [1.82, 2.24) is 4.90 Å². The van der Waals surface area contributed by atoms with E-state index in [2.05, 4.69) is 25.3 Å². The van der Waals surface area contributed by atoms with Crippen molar-refractivity contribution in [3.8, 4) is 0 Å². The molecule has 1 saturated heterocycles. The van der Waals surface area contributed by atoms with Crippen LogP contribution in [-0.4, -0.2) is 24.0 Å². The predicted octanol–water partition coefficient (Wildman–Crippen LogP) is -0.563. The molecule has 14 heavy (non-hydrogen) atoms. The van der Waals surface area contributed by atoms with Gasteiger partial charge in [0.05, 0.1) is 0 Å². The summed E-state index contributed by atoms with van der Waals surface area (Å²) >= 11 is 0. The molecule has 0 radical (unpaired) electrons. The van der Waals surface area contributed by atoms with Crippen LogP contribution in [0.5, 0.6) is 0 Å². The number of piperidine rings is 1. The molecule has 0 N–H and O–H groups in total. The molecule has 0 bridgehead atoms. The summed E-state index contributed by atoms with van der Waals surface area (Å²) in [7, 11) is 2.29. The van der Waals surface area contributed by atoms with E-state index in [1.54, 1.807) is 5.92 Å². The molecule has 2 aliphatic rings. The van der Waals surface area contributed by atoms with Crippen LogP contribution in [0.25, 0.3) is 0 Å². The molecule has 3 heteroatoms. The summed E-state index contributed by atoms with van der Waals surface area (Å²) in [4.78, 5) is 2.56. The Morgan fingerprint density at radius 2 is 2.07 bits per heavy atom. The van der Waals surface area contributed by atoms with Gasteiger partial charge in [0.25, 0.3) is 0 Å². The smallest absolute Gasteiger partial charge is 0.333 e. The van der Waals surface area contributed by atoms with Crippen molar-refractivity contribution in [3.05, 3.63) is 12.3 Å². The summed E-state index contributed by atoms with van der Waals surface area (Å²) in [6, 6.07) is 0. The van der Waals surface area contributed by atoms with E-state index in [9.17, 15) is 0 Å². The Bertz CT molecular complexity index is 173. The van der Waals surface area contributed by atoms with Gasteiger partial charge in [0.2, 0.25) is 0 Å². The van der Waals surface area contributed by atoms with E-state index >= 15 is 0 Å². The molecule has 0 amide bonds. The molecule has 72 valence electrons. The van der Waals surface area contributed by atoms with Gasteiger partial charge < -0.3 is 17.2 Å². The average Bonchev–Trinajstić information content (AvgIpc) is 2.41. The minimum absolute atomic E-state index is 0. The Morgan fingerprint density at radius 1 is 1.36 bits per heavy atom. The molecule has 1 saturated carbocycles. The summed E-state index contributed by atoms with van der Waals surface area (Å²) in [5.41, 5.74) is 0.568. The fourth-order valence-electron chi connectivity index (χ4n) is 2.76. The number of likely N-dealkylation sites (tertiary alicyclic amines) is 1. The first kappa shape index (κ1) is 14.8. The molecule has 1 unspecified atom stereocenters. The molecule has 1 nitrogen and oxygen atoms in total. The Morgan fingerprint density at radius 3 is 2.57 bits per heavy atom. The molecule has 1 atom stereocenters. The Kier molecular flexibility index (Phi) is 6.06. The predicted molar refractivity (Wildman–Crippen MR) is 51.7 cm³/mol. The Hall–Kier alpha value is 0.765. The quantitative estimate of drug-likeness (QED) is 0.390. The van der Waals surface area contributed by atoms with Gasteiger partial charge in [-0.1, -0.05) is 12.8 Å². The zero-order valence-corrected chi connectivity index (χ0v) is 21.3. The van der Waals surface area contributed by atoms with Gasteiger partial charge in [-0.25, -0.2) is 0 Å². The fraction of sp³-hybridized carbons (Fsp3) is 0.818. The van der Waals surface area contributed by atoms with Crippen LogP contribution in [0.3, 0.4) is 0 Å². The summed E-state index contributed by atoms with van der Waals surface area (Å²) in [6.07, 6.45) is 9.27. The summed E-state index contributed by atoms with van der Waals surface area (Å²) in [5.74, 6) is 1.71. The number of rotatable bonds is 0. The first-order valence-electron chi connectivity index (χ1n) is 5.07. The SMILES string of the molecule is C[C-]1CCC2(CC[CH-]CN2C)C1.[Rb+].[Rf]. The molecule has 0 aromatic carbocycles. The monoisotopic (exact) mass is 517 g/mol. The van der Waals surface area contributed by atoms with E-state index in [4.69, 9.17) is 0 Å². The molecule has 1 spiro atoms. The topological polar surface area (TPSA) is 3.24 Å². The zero-order valence-electron chi connectivity index (χ0n) is 9.97. The van der Waals surface area contributed by atoms with Crippen molar-refractivity contribution in [1.29, 1.82) is 0 Å². The third-order valence-electron chi connectivity index (χ3n) is 3.67. The van der Waals surface area contributed by atoms with Gasteiger partial charge in [0, 0.05) is 0 Å². The number of nitrogens with zero attached hydrogens (tertiary/aromatic N) is 1. The van der Waals surface area contributed by atoms with Gasteiger partial charge in [-0.2, -0.15) is 26.2 Å². The van der Waals surface area contributed by atoms with Crippen LogP contribution in [0, 0.1) is 12.3 Å². The Balaban J connectivity index is 0.000000845. The number of hydrogen-bond acceptors (Lipinski definition) is 1. The molecule has 1 aliphatic heterocycles. The molecular formula is C11H19NRbRf-. The average molecular weight is 518 g/mol. The van der Waals surface area contributed by atoms with Gasteiger partial charge in [-0.15, -0.1) is 6.54 Å². The van der Waals surface area contributed by atoms with Crippen molar-refractivity contribution in [3.63, 3.8) is 0 Å². The first-order valence-corrected chi connectivity index (χ1v) is 5.07. The normalized spacial score (nSPS) is 33.9. The van der Waals surface area contributed by atoms with Crippen molar-refractivity contribution in [2.75, 3.05) is 13.6 Å². The fourth-order valence-corrected chi connectivity index (χ4v) is 2.76. The number of hydrogen-bond donors (Lipinski definition) is 0. The third-order valence-corrected chi connectivity index (χ3v) is 3.67. The molecule has 0 aromatic rings. The minimum Gasteiger partial charge on any atom is -0.333 e. The first-order chi connectivity index (χ1) is 5.73. The van der Waals surface area contributed by atoms with Gasteiger partial charge in [0.1, 0.15) is 0 Å². The summed E-state index contributed by atoms with van der Waals surface area (Å²) < 4.78 is 0. The molecule has 2 rings (SSSR count). The molecule has 0 aromatic heterocycles. The maximum atomic E-state index is 2.56. The molecule has 2 fully saturated rings. The van der Waals surface area contributed by atoms with E-state index < -0.39 is 0 Å². The van der Waals surface area contributed by atoms with E-state index in [1.165, 1.54) is 38.6 Å². The molecule has 1 heterocycles. The second-order valence-electron chi connectivity index (χ2n) is 4.57. The standard InChI is InChI=1S/C11H19N.Rb.Rf/c1-10-5-7-11(9-10)6-3-4-8-12(11)2;;/h4H,3,5-9H2,1-2H3;;/q-2;+1;. The van der Waals surface area contributed by atoms with Gasteiger partial charge >= 0.3 is 58.2 Å². The van der Waals surface area contributed by atoms with Crippen molar-refractivity contribution in [2.45, 2.75) is 44.6 Å². The van der Waals surface area contributed by atoms with Gasteiger partial charge in [-0.05, 0) is 12.6 Å². The van der Waals surface area contributed by atoms with Crippen LogP contribution in [0.1, 0.15) is 39.0 Å². The van der Waals surface area contributed by atoms with E-state index in [0.29, 0.717) is 5.54 Å². The summed E-state index contributed by atoms with van der Waals surface area (Å²) in [6.45, 7) is 3.52. The molecule has 1 aliphatic carbocycles. The second kappa shape index (κ2) is 5.74. The minimum atomic E-state index is 0. The van der Waals surface area contributed by atoms with Crippen LogP contribution in [0.2, 0.25) is 0 Å².